The largest absolute Gasteiger partial charge is 0.481 e. The number of carbonyl (C=O) groups excluding carboxylic acids is 1. The van der Waals surface area contributed by atoms with Gasteiger partial charge in [0.1, 0.15) is 0 Å². The molecule has 0 aliphatic carbocycles. The molecule has 0 rings (SSSR count). The van der Waals surface area contributed by atoms with Gasteiger partial charge in [-0.25, -0.2) is 8.98 Å². The van der Waals surface area contributed by atoms with Crippen molar-refractivity contribution >= 4 is 22.3 Å². The number of carboxylic acid groups (broad SMARTS) is 1. The fourth-order valence-electron chi connectivity index (χ4n) is 3.18. The highest BCUT2D eigenvalue weighted by atomic mass is 32.3. The molecule has 1 unspecified atom stereocenters. The molecule has 0 aromatic heterocycles. The van der Waals surface area contributed by atoms with Crippen LogP contribution in [0.2, 0.25) is 0 Å². The molecule has 0 aliphatic heterocycles. The van der Waals surface area contributed by atoms with E-state index in [2.05, 4.69) is 15.8 Å². The molecular weight excluding hydrogens is 424 g/mol. The Morgan fingerprint density at radius 3 is 1.71 bits per heavy atom. The van der Waals surface area contributed by atoms with Crippen molar-refractivity contribution < 1.29 is 36.6 Å². The van der Waals surface area contributed by atoms with Crippen molar-refractivity contribution in [1.29, 1.82) is 0 Å². The summed E-state index contributed by atoms with van der Waals surface area (Å²) in [5.41, 5.74) is 0. The lowest BCUT2D eigenvalue weighted by molar-refractivity contribution is -0.152. The Labute approximate surface area is 187 Å². The fourth-order valence-corrected chi connectivity index (χ4v) is 3.62. The smallest absolute Gasteiger partial charge is 0.398 e. The number of esters is 1. The standard InChI is InChI=1S/C22H40O8S/c1-2-3-4-5-6-7-8-9-10-11-12-13-14-15-16-17-18-29-22(25)20(19-21(23)24)30-31(26,27)28/h17-18,20H,2-16,19H2,1H3,(H,23,24)(H,26,27,28). The van der Waals surface area contributed by atoms with Crippen molar-refractivity contribution in [2.24, 2.45) is 0 Å². The number of hydrogen-bond acceptors (Lipinski definition) is 6. The molecule has 0 amide bonds. The van der Waals surface area contributed by atoms with Crippen LogP contribution in [0.15, 0.2) is 12.3 Å². The third-order valence-electron chi connectivity index (χ3n) is 4.87. The van der Waals surface area contributed by atoms with Gasteiger partial charge >= 0.3 is 22.3 Å². The van der Waals surface area contributed by atoms with Gasteiger partial charge in [0.2, 0.25) is 0 Å². The first kappa shape index (κ1) is 29.5. The highest BCUT2D eigenvalue weighted by Crippen LogP contribution is 2.13. The Morgan fingerprint density at radius 2 is 1.29 bits per heavy atom. The van der Waals surface area contributed by atoms with Gasteiger partial charge in [0.15, 0.2) is 6.10 Å². The van der Waals surface area contributed by atoms with Gasteiger partial charge in [0.25, 0.3) is 0 Å². The lowest BCUT2D eigenvalue weighted by Gasteiger charge is -2.10. The van der Waals surface area contributed by atoms with E-state index in [-0.39, 0.29) is 0 Å². The second kappa shape index (κ2) is 19.3. The summed E-state index contributed by atoms with van der Waals surface area (Å²) in [6.45, 7) is 2.24. The van der Waals surface area contributed by atoms with Gasteiger partial charge in [0, 0.05) is 0 Å². The van der Waals surface area contributed by atoms with E-state index < -0.39 is 34.9 Å². The average Bonchev–Trinajstić information content (AvgIpc) is 2.68. The first-order valence-corrected chi connectivity index (χ1v) is 12.9. The Morgan fingerprint density at radius 1 is 0.839 bits per heavy atom. The molecule has 0 saturated heterocycles. The summed E-state index contributed by atoms with van der Waals surface area (Å²) < 4.78 is 38.7. The minimum atomic E-state index is -4.96. The summed E-state index contributed by atoms with van der Waals surface area (Å²) in [6.07, 6.45) is 18.3. The first-order valence-electron chi connectivity index (χ1n) is 11.5. The van der Waals surface area contributed by atoms with E-state index in [0.717, 1.165) is 25.5 Å². The maximum Gasteiger partial charge on any atom is 0.398 e. The lowest BCUT2D eigenvalue weighted by atomic mass is 10.0. The normalized spacial score (nSPS) is 12.8. The van der Waals surface area contributed by atoms with Crippen molar-refractivity contribution in [3.05, 3.63) is 12.3 Å². The zero-order valence-electron chi connectivity index (χ0n) is 18.8. The third kappa shape index (κ3) is 21.6. The van der Waals surface area contributed by atoms with E-state index in [1.165, 1.54) is 70.6 Å². The Hall–Kier alpha value is -1.45. The van der Waals surface area contributed by atoms with Crippen LogP contribution in [-0.2, 0) is 28.9 Å². The summed E-state index contributed by atoms with van der Waals surface area (Å²) >= 11 is 0. The number of unbranched alkanes of at least 4 members (excludes halogenated alkanes) is 14. The molecule has 0 aromatic rings. The zero-order valence-corrected chi connectivity index (χ0v) is 19.6. The molecule has 9 heteroatoms. The van der Waals surface area contributed by atoms with Crippen LogP contribution in [0.25, 0.3) is 0 Å². The highest BCUT2D eigenvalue weighted by molar-refractivity contribution is 7.80. The van der Waals surface area contributed by atoms with Crippen molar-refractivity contribution in [2.45, 2.75) is 116 Å². The molecule has 0 heterocycles. The number of carboxylic acids is 1. The second-order valence-electron chi connectivity index (χ2n) is 7.80. The van der Waals surface area contributed by atoms with Crippen LogP contribution in [0.5, 0.6) is 0 Å². The monoisotopic (exact) mass is 464 g/mol. The quantitative estimate of drug-likeness (QED) is 0.0975. The van der Waals surface area contributed by atoms with Gasteiger partial charge < -0.3 is 9.84 Å². The summed E-state index contributed by atoms with van der Waals surface area (Å²) in [7, 11) is -4.96. The van der Waals surface area contributed by atoms with Crippen molar-refractivity contribution in [3.8, 4) is 0 Å². The Balaban J connectivity index is 3.65. The maximum atomic E-state index is 11.7. The van der Waals surface area contributed by atoms with Gasteiger partial charge in [0.05, 0.1) is 12.7 Å². The summed E-state index contributed by atoms with van der Waals surface area (Å²) in [5.74, 6) is -2.66. The maximum absolute atomic E-state index is 11.7. The number of ether oxygens (including phenoxy) is 1. The van der Waals surface area contributed by atoms with Crippen molar-refractivity contribution in [2.75, 3.05) is 0 Å². The van der Waals surface area contributed by atoms with Crippen LogP contribution >= 0.6 is 0 Å². The summed E-state index contributed by atoms with van der Waals surface area (Å²) in [6, 6.07) is 0. The van der Waals surface area contributed by atoms with Crippen LogP contribution < -0.4 is 0 Å². The van der Waals surface area contributed by atoms with E-state index in [9.17, 15) is 18.0 Å². The highest BCUT2D eigenvalue weighted by Gasteiger charge is 2.28. The predicted octanol–water partition coefficient (Wildman–Crippen LogP) is 5.58. The molecule has 0 spiro atoms. The number of allylic oxidation sites excluding steroid dienone is 1. The molecular formula is C22H40O8S. The van der Waals surface area contributed by atoms with Crippen LogP contribution in [0.1, 0.15) is 110 Å². The number of hydrogen-bond donors (Lipinski definition) is 2. The van der Waals surface area contributed by atoms with Gasteiger partial charge in [-0.05, 0) is 18.9 Å². The van der Waals surface area contributed by atoms with Crippen molar-refractivity contribution in [3.63, 3.8) is 0 Å². The van der Waals surface area contributed by atoms with Crippen LogP contribution in [0, 0.1) is 0 Å². The predicted molar refractivity (Wildman–Crippen MR) is 119 cm³/mol. The van der Waals surface area contributed by atoms with Crippen molar-refractivity contribution in [1.82, 2.24) is 0 Å². The number of aliphatic carboxylic acids is 1. The van der Waals surface area contributed by atoms with Gasteiger partial charge in [-0.3, -0.25) is 9.35 Å². The molecule has 0 aliphatic rings. The average molecular weight is 465 g/mol. The molecule has 2 N–H and O–H groups in total. The molecule has 8 nitrogen and oxygen atoms in total. The molecule has 31 heavy (non-hydrogen) atoms. The molecule has 182 valence electrons. The fraction of sp³-hybridized carbons (Fsp3) is 0.818. The first-order chi connectivity index (χ1) is 14.8. The number of rotatable bonds is 21. The zero-order chi connectivity index (χ0) is 23.4. The molecule has 1 atom stereocenters. The van der Waals surface area contributed by atoms with Crippen LogP contribution in [0.4, 0.5) is 0 Å². The van der Waals surface area contributed by atoms with E-state index in [1.807, 2.05) is 0 Å². The second-order valence-corrected chi connectivity index (χ2v) is 8.85. The Kier molecular flexibility index (Phi) is 18.4. The molecule has 0 bridgehead atoms. The molecule has 0 aromatic carbocycles. The number of carbonyl (C=O) groups is 2. The lowest BCUT2D eigenvalue weighted by Crippen LogP contribution is -2.30. The molecule has 0 saturated carbocycles. The minimum absolute atomic E-state index is 0.689. The third-order valence-corrected chi connectivity index (χ3v) is 5.34. The van der Waals surface area contributed by atoms with Gasteiger partial charge in [-0.15, -0.1) is 0 Å². The summed E-state index contributed by atoms with van der Waals surface area (Å²) in [5, 5.41) is 8.67. The Bertz CT molecular complexity index is 601. The van der Waals surface area contributed by atoms with Gasteiger partial charge in [-0.1, -0.05) is 90.4 Å². The topological polar surface area (TPSA) is 127 Å². The van der Waals surface area contributed by atoms with E-state index in [1.54, 1.807) is 6.08 Å². The van der Waals surface area contributed by atoms with E-state index >= 15 is 0 Å². The molecule has 0 fully saturated rings. The minimum Gasteiger partial charge on any atom is -0.481 e. The molecule has 0 radical (unpaired) electrons. The van der Waals surface area contributed by atoms with Crippen LogP contribution in [0.3, 0.4) is 0 Å². The van der Waals surface area contributed by atoms with Gasteiger partial charge in [-0.2, -0.15) is 8.42 Å². The summed E-state index contributed by atoms with van der Waals surface area (Å²) in [4.78, 5) is 22.3. The van der Waals surface area contributed by atoms with Crippen LogP contribution in [-0.4, -0.2) is 36.1 Å². The SMILES string of the molecule is CCCCCCCCCCCCCCCCC=COC(=O)C(CC(=O)O)OS(=O)(=O)O. The van der Waals surface area contributed by atoms with E-state index in [4.69, 9.17) is 9.66 Å². The van der Waals surface area contributed by atoms with E-state index in [0.29, 0.717) is 6.42 Å².